The minimum Gasteiger partial charge on any atom is -0.494 e. The van der Waals surface area contributed by atoms with Gasteiger partial charge in [-0.25, -0.2) is 9.78 Å². The zero-order valence-corrected chi connectivity index (χ0v) is 32.2. The Kier molecular flexibility index (Phi) is 10.4. The van der Waals surface area contributed by atoms with Crippen molar-refractivity contribution in [3.05, 3.63) is 42.1 Å². The van der Waals surface area contributed by atoms with Crippen LogP contribution >= 0.6 is 11.6 Å². The fraction of sp³-hybridized carbons (Fsp3) is 0.583. The van der Waals surface area contributed by atoms with E-state index in [2.05, 4.69) is 26.9 Å². The van der Waals surface area contributed by atoms with Gasteiger partial charge in [-0.1, -0.05) is 38.4 Å². The Bertz CT molecular complexity index is 1790. The number of nitrogens with one attached hydrogen (secondary N) is 3. The van der Waals surface area contributed by atoms with Crippen LogP contribution in [0.5, 0.6) is 11.6 Å². The number of carbonyl (C=O) groups is 4. The molecule has 5 atom stereocenters. The van der Waals surface area contributed by atoms with E-state index in [1.807, 2.05) is 0 Å². The van der Waals surface area contributed by atoms with Gasteiger partial charge in [0.1, 0.15) is 35.1 Å². The molecule has 280 valence electrons. The molecule has 2 saturated carbocycles. The number of pyridine rings is 1. The van der Waals surface area contributed by atoms with Gasteiger partial charge < -0.3 is 29.7 Å². The van der Waals surface area contributed by atoms with E-state index in [0.29, 0.717) is 21.5 Å². The van der Waals surface area contributed by atoms with E-state index in [1.165, 1.54) is 18.2 Å². The number of hydrogen-bond acceptors (Lipinski definition) is 9. The summed E-state index contributed by atoms with van der Waals surface area (Å²) in [5.41, 5.74) is -2.98. The third kappa shape index (κ3) is 8.43. The van der Waals surface area contributed by atoms with Crippen LogP contribution in [-0.4, -0.2) is 92.4 Å². The van der Waals surface area contributed by atoms with Gasteiger partial charge in [0.25, 0.3) is 5.91 Å². The van der Waals surface area contributed by atoms with Crippen molar-refractivity contribution in [1.82, 2.24) is 25.2 Å². The van der Waals surface area contributed by atoms with Crippen LogP contribution in [0.15, 0.2) is 37.1 Å². The van der Waals surface area contributed by atoms with E-state index in [1.54, 1.807) is 72.1 Å². The van der Waals surface area contributed by atoms with E-state index >= 15 is 0 Å². The molecular formula is C36H50ClN5O8S. The second-order valence-electron chi connectivity index (χ2n) is 15.9. The van der Waals surface area contributed by atoms with Gasteiger partial charge in [0.05, 0.1) is 19.9 Å². The average molecular weight is 748 g/mol. The number of nitrogens with zero attached hydrogens (tertiary/aromatic N) is 2. The number of aromatic nitrogens is 1. The Morgan fingerprint density at radius 2 is 1.82 bits per heavy atom. The van der Waals surface area contributed by atoms with Crippen molar-refractivity contribution in [3.63, 3.8) is 0 Å². The third-order valence-corrected chi connectivity index (χ3v) is 12.3. The molecule has 51 heavy (non-hydrogen) atoms. The summed E-state index contributed by atoms with van der Waals surface area (Å²) in [6.07, 6.45) is 5.02. The summed E-state index contributed by atoms with van der Waals surface area (Å²) in [6.45, 7) is 14.3. The lowest BCUT2D eigenvalue weighted by atomic mass is 9.85. The van der Waals surface area contributed by atoms with Gasteiger partial charge in [0.15, 0.2) is 0 Å². The second-order valence-corrected chi connectivity index (χ2v) is 19.3. The quantitative estimate of drug-likeness (QED) is 0.196. The molecule has 1 aliphatic heterocycles. The predicted octanol–water partition coefficient (Wildman–Crippen LogP) is 4.09. The summed E-state index contributed by atoms with van der Waals surface area (Å²) in [5, 5.41) is 7.30. The number of hydrogen-bond donors (Lipinski definition) is 4. The molecule has 13 nitrogen and oxygen atoms in total. The predicted molar refractivity (Wildman–Crippen MR) is 196 cm³/mol. The summed E-state index contributed by atoms with van der Waals surface area (Å²) in [5.74, 6) is -1.31. The minimum atomic E-state index is -2.99. The molecule has 2 aliphatic carbocycles. The molecular weight excluding hydrogens is 698 g/mol. The monoisotopic (exact) mass is 747 g/mol. The zero-order valence-electron chi connectivity index (χ0n) is 30.5. The van der Waals surface area contributed by atoms with Crippen LogP contribution in [0.25, 0.3) is 10.8 Å². The van der Waals surface area contributed by atoms with Crippen LogP contribution in [-0.2, 0) is 29.2 Å². The first-order valence-electron chi connectivity index (χ1n) is 17.1. The number of carbonyl (C=O) groups excluding carboxylic acids is 4. The lowest BCUT2D eigenvalue weighted by Gasteiger charge is -2.36. The maximum Gasteiger partial charge on any atom is 0.408 e. The Hall–Kier alpha value is -3.91. The molecule has 0 radical (unpaired) electrons. The van der Waals surface area contributed by atoms with Gasteiger partial charge in [-0.2, -0.15) is 0 Å². The fourth-order valence-electron chi connectivity index (χ4n) is 6.49. The number of alkyl carbamates (subject to hydrolysis) is 1. The van der Waals surface area contributed by atoms with Crippen molar-refractivity contribution in [3.8, 4) is 11.6 Å². The molecule has 2 heterocycles. The Morgan fingerprint density at radius 1 is 1.14 bits per heavy atom. The third-order valence-electron chi connectivity index (χ3n) is 9.52. The number of methoxy groups -OCH3 is 1. The summed E-state index contributed by atoms with van der Waals surface area (Å²) in [4.78, 5) is 61.2. The topological polar surface area (TPSA) is 165 Å². The van der Waals surface area contributed by atoms with Crippen molar-refractivity contribution < 1.29 is 37.6 Å². The van der Waals surface area contributed by atoms with Crippen LogP contribution in [0.3, 0.4) is 0 Å². The Labute approximate surface area is 305 Å². The summed E-state index contributed by atoms with van der Waals surface area (Å²) >= 11 is 6.34. The first kappa shape index (κ1) is 38.3. The van der Waals surface area contributed by atoms with Crippen LogP contribution in [0.4, 0.5) is 4.79 Å². The lowest BCUT2D eigenvalue weighted by Crippen LogP contribution is -2.60. The number of amides is 4. The highest BCUT2D eigenvalue weighted by molar-refractivity contribution is 8.01. The zero-order chi connectivity index (χ0) is 37.7. The van der Waals surface area contributed by atoms with E-state index < -0.39 is 74.6 Å². The summed E-state index contributed by atoms with van der Waals surface area (Å²) < 4.78 is 33.3. The highest BCUT2D eigenvalue weighted by Crippen LogP contribution is 2.46. The SMILES string of the molecule is C=C[C@@H]1C[C@]1(NC(=O)[C@@H]1C[C@@H](Oc2ncc(OC)c3ccc(Cl)cc23)CN1C(=O)[C@@H](NC(=O)OC(C)(C)C)C(C)(C)C)C(=O)N[SH](C)(=O)C1CC1. The van der Waals surface area contributed by atoms with Crippen molar-refractivity contribution in [1.29, 1.82) is 0 Å². The molecule has 3 aliphatic rings. The van der Waals surface area contributed by atoms with Crippen LogP contribution in [0, 0.1) is 11.3 Å². The van der Waals surface area contributed by atoms with Crippen LogP contribution < -0.4 is 24.8 Å². The normalized spacial score (nSPS) is 24.3. The first-order valence-corrected chi connectivity index (χ1v) is 19.7. The van der Waals surface area contributed by atoms with Gasteiger partial charge in [-0.05, 0) is 73.8 Å². The fourth-order valence-corrected chi connectivity index (χ4v) is 8.58. The molecule has 1 aromatic carbocycles. The molecule has 0 spiro atoms. The Balaban J connectivity index is 1.46. The molecule has 2 aromatic rings. The van der Waals surface area contributed by atoms with Gasteiger partial charge in [-0.3, -0.25) is 23.3 Å². The van der Waals surface area contributed by atoms with Gasteiger partial charge in [0, 0.05) is 39.6 Å². The van der Waals surface area contributed by atoms with Gasteiger partial charge in [0.2, 0.25) is 17.7 Å². The number of fused-ring (bicyclic) bond motifs is 1. The lowest BCUT2D eigenvalue weighted by molar-refractivity contribution is -0.143. The molecule has 3 fully saturated rings. The van der Waals surface area contributed by atoms with Crippen LogP contribution in [0.1, 0.15) is 67.2 Å². The maximum atomic E-state index is 14.5. The van der Waals surface area contributed by atoms with Gasteiger partial charge in [-0.15, -0.1) is 6.58 Å². The molecule has 5 rings (SSSR count). The second kappa shape index (κ2) is 13.9. The minimum absolute atomic E-state index is 0.0365. The molecule has 1 aromatic heterocycles. The average Bonchev–Trinajstić information content (AvgIpc) is 3.95. The number of ether oxygens (including phenoxy) is 3. The highest BCUT2D eigenvalue weighted by Gasteiger charge is 2.61. The van der Waals surface area contributed by atoms with Crippen molar-refractivity contribution >= 4 is 56.3 Å². The molecule has 1 saturated heterocycles. The first-order chi connectivity index (χ1) is 23.7. The largest absolute Gasteiger partial charge is 0.494 e. The number of thiol groups is 1. The number of likely N-dealkylation sites (tertiary alicyclic amines) is 1. The Morgan fingerprint density at radius 3 is 2.39 bits per heavy atom. The molecule has 0 unspecified atom stereocenters. The number of halogens is 1. The van der Waals surface area contributed by atoms with E-state index in [0.717, 1.165) is 12.8 Å². The van der Waals surface area contributed by atoms with Crippen LogP contribution in [0.2, 0.25) is 5.02 Å². The molecule has 4 amide bonds. The van der Waals surface area contributed by atoms with E-state index in [4.69, 9.17) is 25.8 Å². The van der Waals surface area contributed by atoms with Crippen molar-refractivity contribution in [2.75, 3.05) is 19.9 Å². The van der Waals surface area contributed by atoms with Crippen molar-refractivity contribution in [2.45, 2.75) is 102 Å². The van der Waals surface area contributed by atoms with E-state index in [-0.39, 0.29) is 30.5 Å². The molecule has 15 heteroatoms. The standard InChI is InChI=1S/C36H50ClN5O8S/c1-10-20-17-36(20,32(45)41-51(9,47)23-12-13-23)40-29(43)26-16-22(49-30-25-15-21(37)11-14-24(25)27(48-8)18-38-30)19-42(26)31(44)28(34(2,3)4)39-33(46)50-35(5,6)7/h10-11,14-15,18,20,22-23,26,28,51H,1,12-13,16-17,19H2,2-9H3,(H,39,46)(H,40,43)(H,41,45,47)/t20-,22-,26+,28-,36-/m1/s1. The maximum absolute atomic E-state index is 14.5. The van der Waals surface area contributed by atoms with Gasteiger partial charge >= 0.3 is 6.09 Å². The smallest absolute Gasteiger partial charge is 0.408 e. The van der Waals surface area contributed by atoms with Crippen molar-refractivity contribution in [2.24, 2.45) is 11.3 Å². The highest BCUT2D eigenvalue weighted by atomic mass is 35.5. The molecule has 3 N–H and O–H groups in total. The molecule has 0 bridgehead atoms. The summed E-state index contributed by atoms with van der Waals surface area (Å²) in [7, 11) is -1.46. The number of benzene rings is 1. The van der Waals surface area contributed by atoms with E-state index in [9.17, 15) is 23.4 Å². The summed E-state index contributed by atoms with van der Waals surface area (Å²) in [6, 6.07) is 3.01. The number of rotatable bonds is 11.